The van der Waals surface area contributed by atoms with Crippen LogP contribution in [0.1, 0.15) is 17.9 Å². The van der Waals surface area contributed by atoms with E-state index in [4.69, 9.17) is 0 Å². The first-order valence-electron chi connectivity index (χ1n) is 9.43. The number of fused-ring (bicyclic) bond motifs is 1. The topological polar surface area (TPSA) is 95.1 Å². The number of H-pyrrole nitrogens is 1. The first-order chi connectivity index (χ1) is 14.9. The van der Waals surface area contributed by atoms with Gasteiger partial charge in [0.2, 0.25) is 5.91 Å². The molecule has 0 aliphatic carbocycles. The number of nitrogens with zero attached hydrogens (tertiary/aromatic N) is 1. The van der Waals surface area contributed by atoms with Crippen LogP contribution in [-0.4, -0.2) is 27.2 Å². The molecule has 0 fully saturated rings. The van der Waals surface area contributed by atoms with Crippen LogP contribution >= 0.6 is 0 Å². The molecule has 0 aliphatic heterocycles. The lowest BCUT2D eigenvalue weighted by Gasteiger charge is -2.14. The van der Waals surface area contributed by atoms with Gasteiger partial charge in [0.05, 0.1) is 17.9 Å². The van der Waals surface area contributed by atoms with Crippen molar-refractivity contribution in [3.63, 3.8) is 0 Å². The van der Waals surface area contributed by atoms with Crippen LogP contribution in [0.15, 0.2) is 66.7 Å². The fraction of sp³-hybridized carbons (Fsp3) is 0.0870. The van der Waals surface area contributed by atoms with Crippen molar-refractivity contribution in [2.75, 3.05) is 5.32 Å². The summed E-state index contributed by atoms with van der Waals surface area (Å²) in [6, 6.07) is 17.4. The molecule has 156 valence electrons. The first-order valence-corrected chi connectivity index (χ1v) is 9.43. The van der Waals surface area contributed by atoms with Gasteiger partial charge in [0, 0.05) is 5.39 Å². The Balaban J connectivity index is 1.61. The van der Waals surface area contributed by atoms with Gasteiger partial charge in [0.1, 0.15) is 0 Å². The highest BCUT2D eigenvalue weighted by Crippen LogP contribution is 2.29. The molecule has 8 heteroatoms. The van der Waals surface area contributed by atoms with Gasteiger partial charge >= 0.3 is 5.97 Å². The van der Waals surface area contributed by atoms with Crippen LogP contribution < -0.4 is 5.32 Å². The molecule has 4 aromatic rings. The lowest BCUT2D eigenvalue weighted by atomic mass is 9.95. The molecule has 0 saturated carbocycles. The van der Waals surface area contributed by atoms with Gasteiger partial charge in [0.25, 0.3) is 0 Å². The summed E-state index contributed by atoms with van der Waals surface area (Å²) in [6.45, 7) is 0. The summed E-state index contributed by atoms with van der Waals surface area (Å²) >= 11 is 0. The number of nitrogens with one attached hydrogen (secondary N) is 2. The van der Waals surface area contributed by atoms with Gasteiger partial charge in [-0.25, -0.2) is 8.78 Å². The number of carbonyl (C=O) groups is 2. The molecule has 1 heterocycles. The van der Waals surface area contributed by atoms with Gasteiger partial charge in [-0.1, -0.05) is 42.5 Å². The van der Waals surface area contributed by atoms with E-state index >= 15 is 0 Å². The summed E-state index contributed by atoms with van der Waals surface area (Å²) in [5.74, 6) is -4.08. The monoisotopic (exact) mass is 421 g/mol. The zero-order valence-corrected chi connectivity index (χ0v) is 16.1. The van der Waals surface area contributed by atoms with E-state index in [1.807, 2.05) is 0 Å². The van der Waals surface area contributed by atoms with Crippen LogP contribution in [0.5, 0.6) is 0 Å². The molecule has 1 aromatic heterocycles. The second-order valence-electron chi connectivity index (χ2n) is 7.01. The Hall–Kier alpha value is -4.07. The first kappa shape index (κ1) is 20.2. The number of aromatic amines is 1. The van der Waals surface area contributed by atoms with E-state index < -0.39 is 29.4 Å². The van der Waals surface area contributed by atoms with Crippen molar-refractivity contribution >= 4 is 28.6 Å². The van der Waals surface area contributed by atoms with E-state index in [1.54, 1.807) is 48.5 Å². The third-order valence-electron chi connectivity index (χ3n) is 4.95. The van der Waals surface area contributed by atoms with E-state index in [2.05, 4.69) is 15.5 Å². The van der Waals surface area contributed by atoms with Crippen LogP contribution in [0.4, 0.5) is 14.6 Å². The predicted octanol–water partition coefficient (Wildman–Crippen LogP) is 4.71. The number of rotatable bonds is 6. The number of aliphatic carboxylic acids is 1. The average molecular weight is 421 g/mol. The number of aromatic nitrogens is 2. The quantitative estimate of drug-likeness (QED) is 0.420. The molecule has 4 rings (SSSR count). The zero-order chi connectivity index (χ0) is 22.0. The highest BCUT2D eigenvalue weighted by molar-refractivity contribution is 6.03. The number of carboxylic acids is 1. The highest BCUT2D eigenvalue weighted by atomic mass is 19.2. The van der Waals surface area contributed by atoms with Gasteiger partial charge in [-0.05, 0) is 41.0 Å². The minimum absolute atomic E-state index is 0.253. The molecule has 0 aliphatic rings. The molecule has 31 heavy (non-hydrogen) atoms. The molecule has 1 atom stereocenters. The number of anilines is 1. The normalized spacial score (nSPS) is 11.9. The van der Waals surface area contributed by atoms with Gasteiger partial charge < -0.3 is 10.4 Å². The van der Waals surface area contributed by atoms with Crippen molar-refractivity contribution in [2.45, 2.75) is 12.3 Å². The predicted molar refractivity (Wildman–Crippen MR) is 112 cm³/mol. The molecule has 6 nitrogen and oxygen atoms in total. The Morgan fingerprint density at radius 3 is 2.39 bits per heavy atom. The summed E-state index contributed by atoms with van der Waals surface area (Å²) < 4.78 is 26.7. The molecule has 0 radical (unpaired) electrons. The van der Waals surface area contributed by atoms with E-state index in [0.717, 1.165) is 12.1 Å². The van der Waals surface area contributed by atoms with E-state index in [1.165, 1.54) is 6.07 Å². The second kappa shape index (κ2) is 8.35. The fourth-order valence-electron chi connectivity index (χ4n) is 3.40. The van der Waals surface area contributed by atoms with Crippen LogP contribution in [0.3, 0.4) is 0 Å². The molecule has 0 bridgehead atoms. The maximum atomic E-state index is 13.5. The summed E-state index contributed by atoms with van der Waals surface area (Å²) in [5, 5.41) is 19.4. The number of hydrogen-bond acceptors (Lipinski definition) is 3. The molecule has 1 amide bonds. The van der Waals surface area contributed by atoms with Crippen molar-refractivity contribution in [3.05, 3.63) is 83.9 Å². The average Bonchev–Trinajstić information content (AvgIpc) is 3.16. The highest BCUT2D eigenvalue weighted by Gasteiger charge is 2.25. The van der Waals surface area contributed by atoms with Crippen LogP contribution in [0, 0.1) is 11.6 Å². The van der Waals surface area contributed by atoms with Gasteiger partial charge in [-0.2, -0.15) is 5.10 Å². The number of amides is 1. The largest absolute Gasteiger partial charge is 0.481 e. The van der Waals surface area contributed by atoms with E-state index in [0.29, 0.717) is 27.6 Å². The Labute approximate surface area is 175 Å². The van der Waals surface area contributed by atoms with Gasteiger partial charge in [0.15, 0.2) is 17.5 Å². The van der Waals surface area contributed by atoms with Crippen LogP contribution in [0.2, 0.25) is 0 Å². The summed E-state index contributed by atoms with van der Waals surface area (Å²) in [4.78, 5) is 24.1. The Kier molecular flexibility index (Phi) is 5.44. The molecule has 3 N–H and O–H groups in total. The van der Waals surface area contributed by atoms with Crippen molar-refractivity contribution in [1.82, 2.24) is 10.2 Å². The maximum Gasteiger partial charge on any atom is 0.304 e. The SMILES string of the molecule is O=C(O)CC(C(=O)Nc1n[nH]c2cc(-c3ccc(F)c(F)c3)ccc12)c1ccccc1. The molecule has 1 unspecified atom stereocenters. The molecule has 3 aromatic carbocycles. The standard InChI is InChI=1S/C23H17F2N3O3/c24-18-9-7-14(10-19(18)25)15-6-8-16-20(11-15)27-28-22(16)26-23(31)17(12-21(29)30)13-4-2-1-3-5-13/h1-11,17H,12H2,(H,29,30)(H2,26,27,28,31). The van der Waals surface area contributed by atoms with Crippen LogP contribution in [-0.2, 0) is 9.59 Å². The summed E-state index contributed by atoms with van der Waals surface area (Å²) in [6.07, 6.45) is -0.363. The third-order valence-corrected chi connectivity index (χ3v) is 4.95. The molecular weight excluding hydrogens is 404 g/mol. The smallest absolute Gasteiger partial charge is 0.304 e. The zero-order valence-electron chi connectivity index (χ0n) is 16.1. The van der Waals surface area contributed by atoms with Gasteiger partial charge in [-0.3, -0.25) is 14.7 Å². The third kappa shape index (κ3) is 4.28. The lowest BCUT2D eigenvalue weighted by Crippen LogP contribution is -2.23. The molecular formula is C23H17F2N3O3. The minimum Gasteiger partial charge on any atom is -0.481 e. The maximum absolute atomic E-state index is 13.5. The van der Waals surface area contributed by atoms with E-state index in [9.17, 15) is 23.5 Å². The number of benzene rings is 3. The van der Waals surface area contributed by atoms with Gasteiger partial charge in [-0.15, -0.1) is 0 Å². The molecule has 0 spiro atoms. The van der Waals surface area contributed by atoms with E-state index in [-0.39, 0.29) is 12.2 Å². The number of carbonyl (C=O) groups excluding carboxylic acids is 1. The van der Waals surface area contributed by atoms with Crippen molar-refractivity contribution in [2.24, 2.45) is 0 Å². The number of carboxylic acid groups (broad SMARTS) is 1. The summed E-state index contributed by atoms with van der Waals surface area (Å²) in [5.41, 5.74) is 2.29. The second-order valence-corrected chi connectivity index (χ2v) is 7.01. The number of halogens is 2. The van der Waals surface area contributed by atoms with Crippen molar-refractivity contribution in [3.8, 4) is 11.1 Å². The Morgan fingerprint density at radius 1 is 0.968 bits per heavy atom. The number of hydrogen-bond donors (Lipinski definition) is 3. The van der Waals surface area contributed by atoms with Crippen LogP contribution in [0.25, 0.3) is 22.0 Å². The summed E-state index contributed by atoms with van der Waals surface area (Å²) in [7, 11) is 0. The minimum atomic E-state index is -1.09. The fourth-order valence-corrected chi connectivity index (χ4v) is 3.40. The Morgan fingerprint density at radius 2 is 1.68 bits per heavy atom. The molecule has 0 saturated heterocycles. The van der Waals surface area contributed by atoms with Crippen molar-refractivity contribution < 1.29 is 23.5 Å². The Bertz CT molecular complexity index is 1270. The lowest BCUT2D eigenvalue weighted by molar-refractivity contribution is -0.139. The van der Waals surface area contributed by atoms with Crippen molar-refractivity contribution in [1.29, 1.82) is 0 Å².